The Hall–Kier alpha value is 0.830. The lowest BCUT2D eigenvalue weighted by molar-refractivity contribution is 0.967. The molecule has 0 aromatic heterocycles. The lowest BCUT2D eigenvalue weighted by atomic mass is 10.4. The van der Waals surface area contributed by atoms with Gasteiger partial charge in [-0.2, -0.15) is 0 Å². The molecule has 2 atom stereocenters. The molecule has 0 saturated carbocycles. The normalized spacial score (nSPS) is 43.0. The van der Waals surface area contributed by atoms with Crippen molar-refractivity contribution in [2.75, 3.05) is 0 Å². The smallest absolute Gasteiger partial charge is 0.0722 e. The van der Waals surface area contributed by atoms with Gasteiger partial charge in [0.1, 0.15) is 0 Å². The lowest BCUT2D eigenvalue weighted by Crippen LogP contribution is -1.78. The summed E-state index contributed by atoms with van der Waals surface area (Å²) in [5.74, 6) is 0. The van der Waals surface area contributed by atoms with E-state index in [-0.39, 0.29) is 0 Å². The molecule has 2 heteroatoms. The lowest BCUT2D eigenvalue weighted by Gasteiger charge is -1.74. The summed E-state index contributed by atoms with van der Waals surface area (Å²) in [5, 5.41) is 0.935. The topological polar surface area (TPSA) is 0 Å². The number of hydrogen-bond acceptors (Lipinski definition) is 1. The van der Waals surface area contributed by atoms with Gasteiger partial charge in [0.05, 0.1) is 4.16 Å². The van der Waals surface area contributed by atoms with Crippen LogP contribution in [0.15, 0.2) is 0 Å². The van der Waals surface area contributed by atoms with Gasteiger partial charge in [0.25, 0.3) is 0 Å². The van der Waals surface area contributed by atoms with Crippen molar-refractivity contribution in [1.82, 2.24) is 0 Å². The molecule has 1 aliphatic heterocycles. The molecule has 0 aromatic carbocycles. The molecule has 0 N–H and O–H groups in total. The molecule has 0 nitrogen and oxygen atoms in total. The van der Waals surface area contributed by atoms with E-state index in [0.29, 0.717) is 0 Å². The van der Waals surface area contributed by atoms with Gasteiger partial charge >= 0.3 is 0 Å². The molecule has 0 bridgehead atoms. The fraction of sp³-hybridized carbons (Fsp3) is 1.00. The number of hydrogen-bond donors (Lipinski definition) is 0. The third-order valence-corrected chi connectivity index (χ3v) is 3.79. The molecule has 6 heavy (non-hydrogen) atoms. The first-order valence-electron chi connectivity index (χ1n) is 2.14. The highest BCUT2D eigenvalue weighted by Gasteiger charge is 2.33. The highest BCUT2D eigenvalue weighted by Crippen LogP contribution is 2.47. The van der Waals surface area contributed by atoms with E-state index < -0.39 is 0 Å². The minimum Gasteiger partial charge on any atom is -0.140 e. The summed E-state index contributed by atoms with van der Waals surface area (Å²) in [4.78, 5) is 0. The van der Waals surface area contributed by atoms with E-state index in [9.17, 15) is 0 Å². The highest BCUT2D eigenvalue weighted by atomic mass is 79.9. The zero-order valence-corrected chi connectivity index (χ0v) is 6.05. The van der Waals surface area contributed by atoms with Crippen LogP contribution in [-0.2, 0) is 0 Å². The maximum atomic E-state index is 3.47. The molecule has 0 amide bonds. The molecule has 0 aliphatic carbocycles. The Morgan fingerprint density at radius 2 is 2.33 bits per heavy atom. The summed E-state index contributed by atoms with van der Waals surface area (Å²) in [6.07, 6.45) is 1.32. The van der Waals surface area contributed by atoms with Gasteiger partial charge in [-0.25, -0.2) is 0 Å². The molecule has 1 rings (SSSR count). The van der Waals surface area contributed by atoms with Gasteiger partial charge in [0, 0.05) is 5.25 Å². The van der Waals surface area contributed by atoms with E-state index in [0.717, 1.165) is 9.41 Å². The van der Waals surface area contributed by atoms with Crippen molar-refractivity contribution >= 4 is 27.7 Å². The van der Waals surface area contributed by atoms with Crippen LogP contribution in [0.2, 0.25) is 0 Å². The Labute approximate surface area is 50.8 Å². The molecular formula is C4H7BrS. The van der Waals surface area contributed by atoms with Crippen LogP contribution in [0.3, 0.4) is 0 Å². The van der Waals surface area contributed by atoms with Crippen molar-refractivity contribution in [2.45, 2.75) is 22.8 Å². The SMILES string of the molecule is CCC1SC1Br. The second-order valence-corrected chi connectivity index (χ2v) is 4.41. The molecular weight excluding hydrogens is 160 g/mol. The molecule has 36 valence electrons. The summed E-state index contributed by atoms with van der Waals surface area (Å²) in [7, 11) is 0. The largest absolute Gasteiger partial charge is 0.140 e. The number of halogens is 1. The first-order valence-corrected chi connectivity index (χ1v) is 4.00. The van der Waals surface area contributed by atoms with Crippen LogP contribution in [0.1, 0.15) is 13.3 Å². The van der Waals surface area contributed by atoms with Crippen LogP contribution in [0.25, 0.3) is 0 Å². The third kappa shape index (κ3) is 0.909. The van der Waals surface area contributed by atoms with Crippen LogP contribution < -0.4 is 0 Å². The average molecular weight is 167 g/mol. The van der Waals surface area contributed by atoms with Crippen molar-refractivity contribution in [3.63, 3.8) is 0 Å². The highest BCUT2D eigenvalue weighted by molar-refractivity contribution is 9.12. The molecule has 1 heterocycles. The summed E-state index contributed by atoms with van der Waals surface area (Å²) < 4.78 is 0.794. The van der Waals surface area contributed by atoms with Gasteiger partial charge in [-0.15, -0.1) is 11.8 Å². The Kier molecular flexibility index (Phi) is 1.45. The van der Waals surface area contributed by atoms with Crippen molar-refractivity contribution < 1.29 is 0 Å². The van der Waals surface area contributed by atoms with Crippen LogP contribution >= 0.6 is 27.7 Å². The van der Waals surface area contributed by atoms with Crippen molar-refractivity contribution in [1.29, 1.82) is 0 Å². The van der Waals surface area contributed by atoms with Gasteiger partial charge in [-0.05, 0) is 6.42 Å². The van der Waals surface area contributed by atoms with Gasteiger partial charge in [-0.3, -0.25) is 0 Å². The Balaban J connectivity index is 2.09. The van der Waals surface area contributed by atoms with Crippen LogP contribution in [0, 0.1) is 0 Å². The molecule has 0 aromatic rings. The Morgan fingerprint density at radius 3 is 2.33 bits per heavy atom. The Bertz CT molecular complexity index is 53.5. The first kappa shape index (κ1) is 4.98. The minimum atomic E-state index is 0.794. The van der Waals surface area contributed by atoms with E-state index >= 15 is 0 Å². The fourth-order valence-electron chi connectivity index (χ4n) is 0.403. The number of thioether (sulfide) groups is 1. The third-order valence-electron chi connectivity index (χ3n) is 0.923. The standard InChI is InChI=1S/C4H7BrS/c1-2-3-4(5)6-3/h3-4H,2H2,1H3. The minimum absolute atomic E-state index is 0.794. The predicted molar refractivity (Wildman–Crippen MR) is 34.4 cm³/mol. The van der Waals surface area contributed by atoms with Crippen molar-refractivity contribution in [2.24, 2.45) is 0 Å². The zero-order chi connectivity index (χ0) is 4.57. The average Bonchev–Trinajstić information content (AvgIpc) is 2.19. The zero-order valence-electron chi connectivity index (χ0n) is 3.65. The van der Waals surface area contributed by atoms with Gasteiger partial charge in [0.15, 0.2) is 0 Å². The van der Waals surface area contributed by atoms with Crippen LogP contribution in [0.5, 0.6) is 0 Å². The van der Waals surface area contributed by atoms with Crippen LogP contribution in [-0.4, -0.2) is 9.41 Å². The Morgan fingerprint density at radius 1 is 1.83 bits per heavy atom. The summed E-state index contributed by atoms with van der Waals surface area (Å²) >= 11 is 5.48. The second-order valence-electron chi connectivity index (χ2n) is 1.43. The number of rotatable bonds is 1. The first-order chi connectivity index (χ1) is 2.84. The molecule has 0 spiro atoms. The predicted octanol–water partition coefficient (Wildman–Crippen LogP) is 2.23. The molecule has 0 radical (unpaired) electrons. The van der Waals surface area contributed by atoms with E-state index in [1.54, 1.807) is 0 Å². The molecule has 2 unspecified atom stereocenters. The van der Waals surface area contributed by atoms with Crippen molar-refractivity contribution in [3.05, 3.63) is 0 Å². The van der Waals surface area contributed by atoms with Gasteiger partial charge in [-0.1, -0.05) is 22.9 Å². The van der Waals surface area contributed by atoms with Crippen molar-refractivity contribution in [3.8, 4) is 0 Å². The molecule has 1 saturated heterocycles. The second kappa shape index (κ2) is 1.74. The van der Waals surface area contributed by atoms with Gasteiger partial charge < -0.3 is 0 Å². The summed E-state index contributed by atoms with van der Waals surface area (Å²) in [5.41, 5.74) is 0. The van der Waals surface area contributed by atoms with E-state index in [1.807, 2.05) is 11.8 Å². The monoisotopic (exact) mass is 166 g/mol. The maximum absolute atomic E-state index is 3.47. The fourth-order valence-corrected chi connectivity index (χ4v) is 2.24. The molecule has 1 fully saturated rings. The summed E-state index contributed by atoms with van der Waals surface area (Å²) in [6, 6.07) is 0. The van der Waals surface area contributed by atoms with Crippen LogP contribution in [0.4, 0.5) is 0 Å². The van der Waals surface area contributed by atoms with Gasteiger partial charge in [0.2, 0.25) is 0 Å². The summed E-state index contributed by atoms with van der Waals surface area (Å²) in [6.45, 7) is 2.22. The number of alkyl halides is 1. The quantitative estimate of drug-likeness (QED) is 0.426. The van der Waals surface area contributed by atoms with E-state index in [4.69, 9.17) is 0 Å². The maximum Gasteiger partial charge on any atom is 0.0722 e. The van der Waals surface area contributed by atoms with E-state index in [1.165, 1.54) is 6.42 Å². The van der Waals surface area contributed by atoms with E-state index in [2.05, 4.69) is 22.9 Å². The molecule has 1 aliphatic rings.